The molecule has 1 aliphatic carbocycles. The van der Waals surface area contributed by atoms with Crippen LogP contribution in [-0.2, 0) is 14.4 Å². The minimum Gasteiger partial charge on any atom is -0.479 e. The maximum absolute atomic E-state index is 13.6. The molecule has 2 aliphatic heterocycles. The monoisotopic (exact) mass is 542 g/mol. The largest absolute Gasteiger partial charge is 0.479 e. The molecule has 2 fully saturated rings. The standard InChI is InChI=1S/C31H34N4O5/c32-24-14-5-3-1-2-4-10-19-17-31(19,30(38)39)34-27(36)26-16-20(18-35(26)29(24)37)40-28-23-13-7-6-11-21(23)22-12-8-9-15-25(22)33-28/h4,6-13,15,19-20,24,26H,1-3,5,14,16-18,32H2,(H,34,36)(H,38,39)/b10-4-. The Morgan fingerprint density at radius 3 is 2.60 bits per heavy atom. The molecule has 9 nitrogen and oxygen atoms in total. The first-order valence-corrected chi connectivity index (χ1v) is 14.1. The second-order valence-corrected chi connectivity index (χ2v) is 11.2. The Balaban J connectivity index is 1.31. The van der Waals surface area contributed by atoms with Crippen molar-refractivity contribution in [2.45, 2.75) is 68.7 Å². The van der Waals surface area contributed by atoms with Crippen molar-refractivity contribution in [2.24, 2.45) is 11.7 Å². The lowest BCUT2D eigenvalue weighted by atomic mass is 10.1. The zero-order chi connectivity index (χ0) is 27.9. The zero-order valence-electron chi connectivity index (χ0n) is 22.3. The van der Waals surface area contributed by atoms with E-state index in [2.05, 4.69) is 5.32 Å². The SMILES string of the molecule is NC1CCCCC/C=C\C2CC2(C(=O)O)NC(=O)C2CC(Oc3nc4ccccc4c4ccccc34)CN2C1=O. The summed E-state index contributed by atoms with van der Waals surface area (Å²) in [7, 11) is 0. The van der Waals surface area contributed by atoms with Gasteiger partial charge in [0.15, 0.2) is 0 Å². The second-order valence-electron chi connectivity index (χ2n) is 11.2. The number of carbonyl (C=O) groups excluding carboxylic acids is 2. The van der Waals surface area contributed by atoms with Crippen LogP contribution in [0.15, 0.2) is 60.7 Å². The molecule has 1 saturated heterocycles. The van der Waals surface area contributed by atoms with Crippen LogP contribution in [-0.4, -0.2) is 63.0 Å². The summed E-state index contributed by atoms with van der Waals surface area (Å²) in [6.45, 7) is 0.164. The number of nitrogens with one attached hydrogen (secondary N) is 1. The predicted molar refractivity (Wildman–Crippen MR) is 151 cm³/mol. The molecule has 2 aromatic carbocycles. The van der Waals surface area contributed by atoms with Crippen LogP contribution in [0.25, 0.3) is 21.7 Å². The van der Waals surface area contributed by atoms with Gasteiger partial charge in [0.1, 0.15) is 17.7 Å². The molecule has 0 bridgehead atoms. The highest BCUT2D eigenvalue weighted by molar-refractivity contribution is 6.07. The maximum Gasteiger partial charge on any atom is 0.330 e. The van der Waals surface area contributed by atoms with Crippen LogP contribution in [0.2, 0.25) is 0 Å². The number of rotatable bonds is 3. The molecule has 208 valence electrons. The number of hydrogen-bond acceptors (Lipinski definition) is 6. The Morgan fingerprint density at radius 1 is 1.05 bits per heavy atom. The van der Waals surface area contributed by atoms with Crippen molar-refractivity contribution in [3.05, 3.63) is 60.7 Å². The number of carboxylic acids is 1. The number of allylic oxidation sites excluding steroid dienone is 1. The fourth-order valence-corrected chi connectivity index (χ4v) is 6.16. The molecule has 5 atom stereocenters. The molecule has 1 saturated carbocycles. The van der Waals surface area contributed by atoms with Crippen LogP contribution < -0.4 is 15.8 Å². The fourth-order valence-electron chi connectivity index (χ4n) is 6.16. The molecule has 1 aromatic heterocycles. The van der Waals surface area contributed by atoms with Gasteiger partial charge in [-0.2, -0.15) is 0 Å². The number of pyridine rings is 1. The van der Waals surface area contributed by atoms with Crippen LogP contribution in [0.3, 0.4) is 0 Å². The Kier molecular flexibility index (Phi) is 6.92. The van der Waals surface area contributed by atoms with Crippen molar-refractivity contribution in [1.82, 2.24) is 15.2 Å². The highest BCUT2D eigenvalue weighted by atomic mass is 16.5. The normalized spacial score (nSPS) is 30.1. The Bertz CT molecular complexity index is 1510. The summed E-state index contributed by atoms with van der Waals surface area (Å²) in [5.41, 5.74) is 5.76. The fraction of sp³-hybridized carbons (Fsp3) is 0.419. The average molecular weight is 543 g/mol. The molecule has 3 heterocycles. The first kappa shape index (κ1) is 26.3. The summed E-state index contributed by atoms with van der Waals surface area (Å²) in [5.74, 6) is -1.70. The van der Waals surface area contributed by atoms with E-state index in [1.54, 1.807) is 0 Å². The van der Waals surface area contributed by atoms with E-state index < -0.39 is 35.6 Å². The van der Waals surface area contributed by atoms with Gasteiger partial charge in [0.05, 0.1) is 18.1 Å². The molecule has 4 N–H and O–H groups in total. The molecule has 9 heteroatoms. The summed E-state index contributed by atoms with van der Waals surface area (Å²) in [6, 6.07) is 14.1. The van der Waals surface area contributed by atoms with Crippen molar-refractivity contribution < 1.29 is 24.2 Å². The molecular weight excluding hydrogens is 508 g/mol. The molecule has 3 aliphatic rings. The van der Waals surface area contributed by atoms with Crippen molar-refractivity contribution >= 4 is 39.5 Å². The van der Waals surface area contributed by atoms with E-state index in [1.807, 2.05) is 60.7 Å². The number of carbonyl (C=O) groups is 3. The number of carboxylic acid groups (broad SMARTS) is 1. The lowest BCUT2D eigenvalue weighted by molar-refractivity contribution is -0.145. The highest BCUT2D eigenvalue weighted by Crippen LogP contribution is 2.45. The first-order valence-electron chi connectivity index (χ1n) is 14.1. The zero-order valence-corrected chi connectivity index (χ0v) is 22.3. The maximum atomic E-state index is 13.6. The number of fused-ring (bicyclic) bond motifs is 5. The van der Waals surface area contributed by atoms with Crippen LogP contribution >= 0.6 is 0 Å². The molecule has 2 amide bonds. The third kappa shape index (κ3) is 4.79. The van der Waals surface area contributed by atoms with E-state index in [0.29, 0.717) is 18.7 Å². The van der Waals surface area contributed by atoms with Crippen LogP contribution in [0.5, 0.6) is 5.88 Å². The number of para-hydroxylation sites is 1. The van der Waals surface area contributed by atoms with Gasteiger partial charge in [0.2, 0.25) is 17.7 Å². The minimum atomic E-state index is -1.35. The van der Waals surface area contributed by atoms with Gasteiger partial charge in [-0.05, 0) is 43.2 Å². The van der Waals surface area contributed by atoms with Gasteiger partial charge in [-0.25, -0.2) is 9.78 Å². The Hall–Kier alpha value is -3.98. The molecule has 0 radical (unpaired) electrons. The summed E-state index contributed by atoms with van der Waals surface area (Å²) in [4.78, 5) is 45.6. The molecule has 40 heavy (non-hydrogen) atoms. The first-order chi connectivity index (χ1) is 19.4. The van der Waals surface area contributed by atoms with Crippen molar-refractivity contribution in [3.63, 3.8) is 0 Å². The molecule has 0 spiro atoms. The second kappa shape index (κ2) is 10.5. The Morgan fingerprint density at radius 2 is 1.80 bits per heavy atom. The number of aliphatic carboxylic acids is 1. The lowest BCUT2D eigenvalue weighted by Crippen LogP contribution is -2.55. The van der Waals surface area contributed by atoms with E-state index in [4.69, 9.17) is 15.5 Å². The number of nitrogens with zero attached hydrogens (tertiary/aromatic N) is 2. The summed E-state index contributed by atoms with van der Waals surface area (Å²) >= 11 is 0. The van der Waals surface area contributed by atoms with Gasteiger partial charge >= 0.3 is 5.97 Å². The van der Waals surface area contributed by atoms with Crippen molar-refractivity contribution in [3.8, 4) is 5.88 Å². The lowest BCUT2D eigenvalue weighted by Gasteiger charge is -2.27. The summed E-state index contributed by atoms with van der Waals surface area (Å²) < 4.78 is 6.43. The van der Waals surface area contributed by atoms with Crippen LogP contribution in [0.1, 0.15) is 44.9 Å². The van der Waals surface area contributed by atoms with E-state index in [-0.39, 0.29) is 24.8 Å². The van der Waals surface area contributed by atoms with E-state index >= 15 is 0 Å². The van der Waals surface area contributed by atoms with E-state index in [1.165, 1.54) is 4.90 Å². The van der Waals surface area contributed by atoms with Gasteiger partial charge in [-0.3, -0.25) is 9.59 Å². The average Bonchev–Trinajstić information content (AvgIpc) is 3.49. The smallest absolute Gasteiger partial charge is 0.330 e. The van der Waals surface area contributed by atoms with Gasteiger partial charge in [0, 0.05) is 23.1 Å². The van der Waals surface area contributed by atoms with Gasteiger partial charge in [0.25, 0.3) is 0 Å². The predicted octanol–water partition coefficient (Wildman–Crippen LogP) is 3.54. The third-order valence-corrected chi connectivity index (χ3v) is 8.51. The number of ether oxygens (including phenoxy) is 1. The van der Waals surface area contributed by atoms with Crippen LogP contribution in [0, 0.1) is 5.92 Å². The van der Waals surface area contributed by atoms with Gasteiger partial charge in [-0.1, -0.05) is 61.4 Å². The van der Waals surface area contributed by atoms with E-state index in [9.17, 15) is 19.5 Å². The quantitative estimate of drug-likeness (QED) is 0.340. The molecule has 6 rings (SSSR count). The number of nitrogens with two attached hydrogens (primary N) is 1. The summed E-state index contributed by atoms with van der Waals surface area (Å²) in [5, 5.41) is 15.6. The third-order valence-electron chi connectivity index (χ3n) is 8.51. The van der Waals surface area contributed by atoms with E-state index in [0.717, 1.165) is 47.4 Å². The topological polar surface area (TPSA) is 135 Å². The number of aromatic nitrogens is 1. The highest BCUT2D eigenvalue weighted by Gasteiger charge is 2.61. The molecular formula is C31H34N4O5. The van der Waals surface area contributed by atoms with Crippen molar-refractivity contribution in [1.29, 1.82) is 0 Å². The number of amides is 2. The minimum absolute atomic E-state index is 0.164. The van der Waals surface area contributed by atoms with Gasteiger partial charge in [-0.15, -0.1) is 0 Å². The Labute approximate surface area is 232 Å². The van der Waals surface area contributed by atoms with Gasteiger partial charge < -0.3 is 25.8 Å². The number of hydrogen-bond donors (Lipinski definition) is 3. The molecule has 5 unspecified atom stereocenters. The number of benzene rings is 2. The van der Waals surface area contributed by atoms with Crippen LogP contribution in [0.4, 0.5) is 0 Å². The summed E-state index contributed by atoms with van der Waals surface area (Å²) in [6.07, 6.45) is 7.95. The van der Waals surface area contributed by atoms with Crippen molar-refractivity contribution in [2.75, 3.05) is 6.54 Å². The molecule has 3 aromatic rings.